The van der Waals surface area contributed by atoms with Gasteiger partial charge in [0, 0.05) is 5.56 Å². The molecule has 0 fully saturated rings. The Morgan fingerprint density at radius 1 is 1.00 bits per heavy atom. The average molecular weight is 290 g/mol. The number of carbonyl (C=O) groups excluding carboxylic acids is 2. The molecule has 4 nitrogen and oxygen atoms in total. The molecule has 0 aliphatic carbocycles. The van der Waals surface area contributed by atoms with Crippen LogP contribution in [0.4, 0.5) is 13.2 Å². The smallest absolute Gasteiger partial charge is 0.325 e. The summed E-state index contributed by atoms with van der Waals surface area (Å²) in [6.45, 7) is 2.86. The van der Waals surface area contributed by atoms with Crippen molar-refractivity contribution in [1.82, 2.24) is 0 Å². The van der Waals surface area contributed by atoms with Gasteiger partial charge in [0.05, 0.1) is 13.2 Å². The van der Waals surface area contributed by atoms with Crippen molar-refractivity contribution < 1.29 is 32.2 Å². The lowest BCUT2D eigenvalue weighted by Gasteiger charge is -2.15. The minimum atomic E-state index is -1.79. The van der Waals surface area contributed by atoms with Gasteiger partial charge < -0.3 is 9.47 Å². The molecular formula is C13H13F3O4. The van der Waals surface area contributed by atoms with Crippen molar-refractivity contribution in [2.24, 2.45) is 0 Å². The zero-order valence-electron chi connectivity index (χ0n) is 10.9. The van der Waals surface area contributed by atoms with Gasteiger partial charge in [-0.3, -0.25) is 9.59 Å². The molecule has 0 saturated carbocycles. The van der Waals surface area contributed by atoms with Crippen LogP contribution >= 0.6 is 0 Å². The Morgan fingerprint density at radius 3 is 1.95 bits per heavy atom. The second-order valence-corrected chi connectivity index (χ2v) is 3.70. The van der Waals surface area contributed by atoms with Crippen LogP contribution in [0.3, 0.4) is 0 Å². The molecule has 0 aromatic heterocycles. The highest BCUT2D eigenvalue weighted by atomic mass is 19.2. The van der Waals surface area contributed by atoms with Gasteiger partial charge in [0.1, 0.15) is 0 Å². The molecule has 0 aliphatic rings. The van der Waals surface area contributed by atoms with Gasteiger partial charge in [-0.15, -0.1) is 0 Å². The highest BCUT2D eigenvalue weighted by Gasteiger charge is 2.35. The third-order valence-corrected chi connectivity index (χ3v) is 2.42. The van der Waals surface area contributed by atoms with Gasteiger partial charge in [-0.05, 0) is 19.9 Å². The lowest BCUT2D eigenvalue weighted by molar-refractivity contribution is -0.157. The van der Waals surface area contributed by atoms with E-state index in [9.17, 15) is 22.8 Å². The second kappa shape index (κ2) is 6.93. The molecule has 110 valence electrons. The molecule has 7 heteroatoms. The van der Waals surface area contributed by atoms with Crippen LogP contribution in [0.25, 0.3) is 0 Å². The predicted octanol–water partition coefficient (Wildman–Crippen LogP) is 2.31. The molecule has 0 amide bonds. The number of hydrogen-bond donors (Lipinski definition) is 0. The van der Waals surface area contributed by atoms with Crippen LogP contribution in [0, 0.1) is 17.5 Å². The van der Waals surface area contributed by atoms with Gasteiger partial charge in [0.2, 0.25) is 0 Å². The molecule has 0 unspecified atom stereocenters. The van der Waals surface area contributed by atoms with Gasteiger partial charge in [0.25, 0.3) is 0 Å². The topological polar surface area (TPSA) is 52.6 Å². The summed E-state index contributed by atoms with van der Waals surface area (Å²) in [7, 11) is 0. The summed E-state index contributed by atoms with van der Waals surface area (Å²) < 4.78 is 49.0. The van der Waals surface area contributed by atoms with E-state index in [1.807, 2.05) is 0 Å². The Balaban J connectivity index is 3.27. The summed E-state index contributed by atoms with van der Waals surface area (Å²) in [5.74, 6) is -8.76. The summed E-state index contributed by atoms with van der Waals surface area (Å²) in [5.41, 5.74) is -0.624. The van der Waals surface area contributed by atoms with E-state index in [0.29, 0.717) is 6.07 Å². The van der Waals surface area contributed by atoms with E-state index < -0.39 is 40.9 Å². The zero-order valence-corrected chi connectivity index (χ0v) is 10.9. The molecule has 1 aromatic carbocycles. The summed E-state index contributed by atoms with van der Waals surface area (Å²) in [6.07, 6.45) is 0. The van der Waals surface area contributed by atoms with Gasteiger partial charge >= 0.3 is 11.9 Å². The third kappa shape index (κ3) is 3.28. The minimum Gasteiger partial charge on any atom is -0.465 e. The van der Waals surface area contributed by atoms with Crippen LogP contribution in [0.2, 0.25) is 0 Å². The van der Waals surface area contributed by atoms with E-state index in [-0.39, 0.29) is 13.2 Å². The maximum absolute atomic E-state index is 13.7. The highest BCUT2D eigenvalue weighted by molar-refractivity contribution is 6.00. The fourth-order valence-electron chi connectivity index (χ4n) is 1.57. The fourth-order valence-corrected chi connectivity index (χ4v) is 1.57. The summed E-state index contributed by atoms with van der Waals surface area (Å²) in [6, 6.07) is 1.44. The van der Waals surface area contributed by atoms with Crippen LogP contribution < -0.4 is 0 Å². The summed E-state index contributed by atoms with van der Waals surface area (Å²) >= 11 is 0. The first kappa shape index (κ1) is 16.0. The largest absolute Gasteiger partial charge is 0.465 e. The molecule has 0 N–H and O–H groups in total. The standard InChI is InChI=1S/C13H13F3O4/c1-3-19-12(17)9(13(18)20-4-2)7-5-6-8(14)11(16)10(7)15/h5-6,9H,3-4H2,1-2H3. The molecule has 0 spiro atoms. The SMILES string of the molecule is CCOC(=O)C(C(=O)OCC)c1ccc(F)c(F)c1F. The first-order valence-corrected chi connectivity index (χ1v) is 5.90. The number of ether oxygens (including phenoxy) is 2. The molecule has 0 aliphatic heterocycles. The summed E-state index contributed by atoms with van der Waals surface area (Å²) in [5, 5.41) is 0. The quantitative estimate of drug-likeness (QED) is 0.474. The van der Waals surface area contributed by atoms with E-state index >= 15 is 0 Å². The lowest BCUT2D eigenvalue weighted by Crippen LogP contribution is -2.27. The Morgan fingerprint density at radius 2 is 1.50 bits per heavy atom. The Hall–Kier alpha value is -2.05. The van der Waals surface area contributed by atoms with Crippen molar-refractivity contribution in [2.75, 3.05) is 13.2 Å². The average Bonchev–Trinajstić information content (AvgIpc) is 2.40. The van der Waals surface area contributed by atoms with E-state index in [1.165, 1.54) is 13.8 Å². The molecule has 1 rings (SSSR count). The first-order valence-electron chi connectivity index (χ1n) is 5.90. The number of hydrogen-bond acceptors (Lipinski definition) is 4. The van der Waals surface area contributed by atoms with E-state index in [4.69, 9.17) is 0 Å². The third-order valence-electron chi connectivity index (χ3n) is 2.42. The highest BCUT2D eigenvalue weighted by Crippen LogP contribution is 2.25. The first-order chi connectivity index (χ1) is 9.43. The van der Waals surface area contributed by atoms with E-state index in [2.05, 4.69) is 9.47 Å². The number of carbonyl (C=O) groups is 2. The predicted molar refractivity (Wildman–Crippen MR) is 62.3 cm³/mol. The van der Waals surface area contributed by atoms with E-state index in [1.54, 1.807) is 0 Å². The molecule has 0 bridgehead atoms. The number of esters is 2. The Labute approximate surface area is 113 Å². The zero-order chi connectivity index (χ0) is 15.3. The van der Waals surface area contributed by atoms with Gasteiger partial charge in [-0.1, -0.05) is 6.07 Å². The second-order valence-electron chi connectivity index (χ2n) is 3.70. The van der Waals surface area contributed by atoms with Gasteiger partial charge in [-0.25, -0.2) is 13.2 Å². The van der Waals surface area contributed by atoms with Crippen molar-refractivity contribution in [3.63, 3.8) is 0 Å². The molecular weight excluding hydrogens is 277 g/mol. The molecule has 1 aromatic rings. The lowest BCUT2D eigenvalue weighted by atomic mass is 9.98. The maximum atomic E-state index is 13.7. The van der Waals surface area contributed by atoms with Gasteiger partial charge in [-0.2, -0.15) is 0 Å². The van der Waals surface area contributed by atoms with E-state index in [0.717, 1.165) is 6.07 Å². The van der Waals surface area contributed by atoms with Crippen molar-refractivity contribution in [2.45, 2.75) is 19.8 Å². The Kier molecular flexibility index (Phi) is 5.54. The molecule has 20 heavy (non-hydrogen) atoms. The monoisotopic (exact) mass is 290 g/mol. The number of benzene rings is 1. The summed E-state index contributed by atoms with van der Waals surface area (Å²) in [4.78, 5) is 23.4. The van der Waals surface area contributed by atoms with Crippen molar-refractivity contribution in [1.29, 1.82) is 0 Å². The number of rotatable bonds is 5. The maximum Gasteiger partial charge on any atom is 0.325 e. The van der Waals surface area contributed by atoms with Crippen molar-refractivity contribution in [3.8, 4) is 0 Å². The normalized spacial score (nSPS) is 10.5. The molecule has 0 saturated heterocycles. The van der Waals surface area contributed by atoms with Crippen molar-refractivity contribution >= 4 is 11.9 Å². The molecule has 0 atom stereocenters. The minimum absolute atomic E-state index is 0.0555. The Bertz CT molecular complexity index is 499. The van der Waals surface area contributed by atoms with Crippen LogP contribution in [0.15, 0.2) is 12.1 Å². The molecule has 0 radical (unpaired) electrons. The molecule has 0 heterocycles. The van der Waals surface area contributed by atoms with Crippen LogP contribution in [0.5, 0.6) is 0 Å². The van der Waals surface area contributed by atoms with Crippen LogP contribution in [-0.2, 0) is 19.1 Å². The van der Waals surface area contributed by atoms with Gasteiger partial charge in [0.15, 0.2) is 23.4 Å². The number of halogens is 3. The van der Waals surface area contributed by atoms with Crippen LogP contribution in [-0.4, -0.2) is 25.2 Å². The van der Waals surface area contributed by atoms with Crippen molar-refractivity contribution in [3.05, 3.63) is 35.1 Å². The van der Waals surface area contributed by atoms with Crippen LogP contribution in [0.1, 0.15) is 25.3 Å². The fraction of sp³-hybridized carbons (Fsp3) is 0.385.